The third kappa shape index (κ3) is 3.39. The normalized spacial score (nSPS) is 10.8. The summed E-state index contributed by atoms with van der Waals surface area (Å²) in [4.78, 5) is 11.2. The summed E-state index contributed by atoms with van der Waals surface area (Å²) in [6.07, 6.45) is 0. The number of carbonyl (C=O) groups is 1. The van der Waals surface area contributed by atoms with Gasteiger partial charge in [0.15, 0.2) is 0 Å². The molecule has 0 bridgehead atoms. The van der Waals surface area contributed by atoms with Crippen LogP contribution in [0.25, 0.3) is 0 Å². The van der Waals surface area contributed by atoms with Crippen LogP contribution in [0.1, 0.15) is 24.2 Å². The van der Waals surface area contributed by atoms with E-state index in [4.69, 9.17) is 0 Å². The molecule has 0 heterocycles. The van der Waals surface area contributed by atoms with Gasteiger partial charge in [-0.1, -0.05) is 0 Å². The van der Waals surface area contributed by atoms with E-state index in [-0.39, 0.29) is 4.90 Å². The standard InChI is InChI=1S/C11H13NO4S/c1-8(2)12-17(14,15)10-6-4-9(5-7-10)11(13)16-3/h4-7H,1-3H3. The number of ether oxygens (including phenoxy) is 1. The molecule has 0 aliphatic heterocycles. The first-order valence-corrected chi connectivity index (χ1v) is 6.27. The Bertz CT molecular complexity index is 539. The maximum absolute atomic E-state index is 11.7. The smallest absolute Gasteiger partial charge is 0.337 e. The molecule has 1 rings (SSSR count). The fourth-order valence-corrected chi connectivity index (χ4v) is 2.24. The van der Waals surface area contributed by atoms with E-state index in [9.17, 15) is 13.2 Å². The first-order valence-electron chi connectivity index (χ1n) is 4.83. The Labute approximate surface area is 100 Å². The van der Waals surface area contributed by atoms with Gasteiger partial charge in [-0.3, -0.25) is 0 Å². The Morgan fingerprint density at radius 3 is 2.12 bits per heavy atom. The first-order chi connectivity index (χ1) is 7.86. The molecule has 0 atom stereocenters. The molecular formula is C11H13NO4S. The van der Waals surface area contributed by atoms with Crippen LogP contribution in [-0.4, -0.2) is 27.2 Å². The SMILES string of the molecule is COC(=O)c1ccc(S(=O)(=O)N=C(C)C)cc1. The minimum atomic E-state index is -3.67. The lowest BCUT2D eigenvalue weighted by Gasteiger charge is -2.01. The van der Waals surface area contributed by atoms with Crippen molar-refractivity contribution in [3.8, 4) is 0 Å². The maximum Gasteiger partial charge on any atom is 0.337 e. The van der Waals surface area contributed by atoms with Crippen LogP contribution >= 0.6 is 0 Å². The molecule has 1 aromatic carbocycles. The topological polar surface area (TPSA) is 72.8 Å². The van der Waals surface area contributed by atoms with Crippen LogP contribution in [0.3, 0.4) is 0 Å². The number of esters is 1. The van der Waals surface area contributed by atoms with Crippen molar-refractivity contribution in [3.63, 3.8) is 0 Å². The predicted octanol–water partition coefficient (Wildman–Crippen LogP) is 1.64. The van der Waals surface area contributed by atoms with E-state index < -0.39 is 16.0 Å². The zero-order chi connectivity index (χ0) is 13.1. The molecule has 0 N–H and O–H groups in total. The largest absolute Gasteiger partial charge is 0.465 e. The van der Waals surface area contributed by atoms with E-state index in [1.165, 1.54) is 31.4 Å². The fraction of sp³-hybridized carbons (Fsp3) is 0.273. The van der Waals surface area contributed by atoms with Crippen molar-refractivity contribution in [1.29, 1.82) is 0 Å². The molecule has 1 aromatic rings. The van der Waals surface area contributed by atoms with Crippen molar-refractivity contribution in [2.24, 2.45) is 4.40 Å². The van der Waals surface area contributed by atoms with Crippen LogP contribution in [0.5, 0.6) is 0 Å². The fourth-order valence-electron chi connectivity index (χ4n) is 1.17. The van der Waals surface area contributed by atoms with Gasteiger partial charge >= 0.3 is 5.97 Å². The maximum atomic E-state index is 11.7. The van der Waals surface area contributed by atoms with Gasteiger partial charge in [-0.25, -0.2) is 4.79 Å². The van der Waals surface area contributed by atoms with Crippen LogP contribution in [-0.2, 0) is 14.8 Å². The summed E-state index contributed by atoms with van der Waals surface area (Å²) < 4.78 is 31.4. The van der Waals surface area contributed by atoms with Crippen LogP contribution in [0.4, 0.5) is 0 Å². The van der Waals surface area contributed by atoms with Gasteiger partial charge in [-0.05, 0) is 38.1 Å². The summed E-state index contributed by atoms with van der Waals surface area (Å²) in [6, 6.07) is 5.43. The van der Waals surface area contributed by atoms with Crippen molar-refractivity contribution in [2.75, 3.05) is 7.11 Å². The molecule has 5 nitrogen and oxygen atoms in total. The number of hydrogen-bond acceptors (Lipinski definition) is 4. The second-order valence-corrected chi connectivity index (χ2v) is 5.13. The third-order valence-electron chi connectivity index (χ3n) is 1.88. The van der Waals surface area contributed by atoms with Crippen molar-refractivity contribution in [2.45, 2.75) is 18.7 Å². The monoisotopic (exact) mass is 255 g/mol. The number of hydrogen-bond donors (Lipinski definition) is 0. The van der Waals surface area contributed by atoms with Gasteiger partial charge in [0.25, 0.3) is 10.0 Å². The highest BCUT2D eigenvalue weighted by atomic mass is 32.2. The summed E-state index contributed by atoms with van der Waals surface area (Å²) >= 11 is 0. The van der Waals surface area contributed by atoms with Crippen LogP contribution < -0.4 is 0 Å². The van der Waals surface area contributed by atoms with Gasteiger partial charge in [0, 0.05) is 5.71 Å². The van der Waals surface area contributed by atoms with E-state index in [1.807, 2.05) is 0 Å². The highest BCUT2D eigenvalue weighted by Crippen LogP contribution is 2.14. The number of nitrogens with zero attached hydrogens (tertiary/aromatic N) is 1. The summed E-state index contributed by atoms with van der Waals surface area (Å²) in [5.74, 6) is -0.510. The molecule has 0 saturated heterocycles. The van der Waals surface area contributed by atoms with E-state index in [2.05, 4.69) is 9.13 Å². The van der Waals surface area contributed by atoms with Crippen molar-refractivity contribution < 1.29 is 17.9 Å². The molecule has 92 valence electrons. The average molecular weight is 255 g/mol. The quantitative estimate of drug-likeness (QED) is 0.608. The Morgan fingerprint density at radius 1 is 1.18 bits per heavy atom. The number of benzene rings is 1. The third-order valence-corrected chi connectivity index (χ3v) is 3.35. The van der Waals surface area contributed by atoms with Gasteiger partial charge in [0.05, 0.1) is 17.6 Å². The van der Waals surface area contributed by atoms with Crippen molar-refractivity contribution >= 4 is 21.7 Å². The highest BCUT2D eigenvalue weighted by molar-refractivity contribution is 7.90. The number of carbonyl (C=O) groups excluding carboxylic acids is 1. The highest BCUT2D eigenvalue weighted by Gasteiger charge is 2.13. The molecule has 0 amide bonds. The van der Waals surface area contributed by atoms with Gasteiger partial charge < -0.3 is 4.74 Å². The van der Waals surface area contributed by atoms with E-state index in [0.717, 1.165) is 0 Å². The molecule has 0 aliphatic rings. The second-order valence-electron chi connectivity index (χ2n) is 3.53. The molecule has 0 unspecified atom stereocenters. The molecule has 0 aliphatic carbocycles. The second kappa shape index (κ2) is 5.09. The van der Waals surface area contributed by atoms with Gasteiger partial charge in [-0.15, -0.1) is 0 Å². The van der Waals surface area contributed by atoms with E-state index in [0.29, 0.717) is 11.3 Å². The zero-order valence-electron chi connectivity index (χ0n) is 9.80. The molecule has 0 fully saturated rings. The summed E-state index contributed by atoms with van der Waals surface area (Å²) in [6.45, 7) is 3.20. The first kappa shape index (κ1) is 13.4. The lowest BCUT2D eigenvalue weighted by atomic mass is 10.2. The Morgan fingerprint density at radius 2 is 1.71 bits per heavy atom. The lowest BCUT2D eigenvalue weighted by Crippen LogP contribution is -2.03. The molecule has 0 radical (unpaired) electrons. The van der Waals surface area contributed by atoms with Crippen LogP contribution in [0, 0.1) is 0 Å². The van der Waals surface area contributed by atoms with E-state index in [1.54, 1.807) is 13.8 Å². The summed E-state index contributed by atoms with van der Waals surface area (Å²) in [7, 11) is -2.41. The minimum absolute atomic E-state index is 0.0475. The van der Waals surface area contributed by atoms with Gasteiger partial charge in [-0.2, -0.15) is 12.8 Å². The Kier molecular flexibility index (Phi) is 4.01. The molecule has 0 aromatic heterocycles. The van der Waals surface area contributed by atoms with Crippen molar-refractivity contribution in [1.82, 2.24) is 0 Å². The number of sulfonamides is 1. The molecule has 17 heavy (non-hydrogen) atoms. The number of rotatable bonds is 3. The Hall–Kier alpha value is -1.69. The summed E-state index contributed by atoms with van der Waals surface area (Å²) in [5, 5.41) is 0. The van der Waals surface area contributed by atoms with E-state index >= 15 is 0 Å². The lowest BCUT2D eigenvalue weighted by molar-refractivity contribution is 0.0600. The van der Waals surface area contributed by atoms with Gasteiger partial charge in [0.2, 0.25) is 0 Å². The number of methoxy groups -OCH3 is 1. The van der Waals surface area contributed by atoms with Crippen LogP contribution in [0.15, 0.2) is 33.6 Å². The average Bonchev–Trinajstić information content (AvgIpc) is 2.26. The molecule has 0 saturated carbocycles. The van der Waals surface area contributed by atoms with Gasteiger partial charge in [0.1, 0.15) is 0 Å². The predicted molar refractivity (Wildman–Crippen MR) is 63.8 cm³/mol. The zero-order valence-corrected chi connectivity index (χ0v) is 10.6. The molecule has 6 heteroatoms. The minimum Gasteiger partial charge on any atom is -0.465 e. The van der Waals surface area contributed by atoms with Crippen LogP contribution in [0.2, 0.25) is 0 Å². The molecule has 0 spiro atoms. The Balaban J connectivity index is 3.12. The molecular weight excluding hydrogens is 242 g/mol. The van der Waals surface area contributed by atoms with Crippen molar-refractivity contribution in [3.05, 3.63) is 29.8 Å². The summed E-state index contributed by atoms with van der Waals surface area (Å²) in [5.41, 5.74) is 0.741.